The molecule has 0 N–H and O–H groups in total. The van der Waals surface area contributed by atoms with E-state index in [-0.39, 0.29) is 0 Å². The Morgan fingerprint density at radius 1 is 1.19 bits per heavy atom. The normalized spacial score (nSPS) is 11.5. The second kappa shape index (κ2) is 5.19. The molecule has 110 valence electrons. The quantitative estimate of drug-likeness (QED) is 0.695. The monoisotopic (exact) mass is 302 g/mol. The maximum absolute atomic E-state index is 5.96. The Morgan fingerprint density at radius 3 is 2.67 bits per heavy atom. The molecule has 0 unspecified atom stereocenters. The van der Waals surface area contributed by atoms with Crippen LogP contribution in [0, 0.1) is 20.8 Å². The van der Waals surface area contributed by atoms with Crippen LogP contribution >= 0.6 is 11.6 Å². The zero-order chi connectivity index (χ0) is 15.1. The standard InChI is InChI=1S/C16H19ClN4/c1-10-5-6-11(2)13(9-10)21-14(7-8-17)18-15-12(3)19-20(4)16(15)21/h5-6,9H,7-8H2,1-4H3. The lowest BCUT2D eigenvalue weighted by molar-refractivity contribution is 0.750. The number of aromatic nitrogens is 4. The lowest BCUT2D eigenvalue weighted by atomic mass is 10.1. The largest absolute Gasteiger partial charge is 0.281 e. The van der Waals surface area contributed by atoms with E-state index in [0.717, 1.165) is 34.8 Å². The van der Waals surface area contributed by atoms with Crippen LogP contribution in [-0.4, -0.2) is 25.2 Å². The molecule has 21 heavy (non-hydrogen) atoms. The van der Waals surface area contributed by atoms with Crippen molar-refractivity contribution in [1.29, 1.82) is 0 Å². The number of halogens is 1. The van der Waals surface area contributed by atoms with E-state index in [2.05, 4.69) is 41.7 Å². The Morgan fingerprint density at radius 2 is 1.95 bits per heavy atom. The van der Waals surface area contributed by atoms with Crippen molar-refractivity contribution < 1.29 is 0 Å². The van der Waals surface area contributed by atoms with E-state index < -0.39 is 0 Å². The minimum absolute atomic E-state index is 0.556. The lowest BCUT2D eigenvalue weighted by Gasteiger charge is -2.13. The van der Waals surface area contributed by atoms with Crippen molar-refractivity contribution in [2.75, 3.05) is 5.88 Å². The fourth-order valence-corrected chi connectivity index (χ4v) is 2.95. The number of nitrogens with zero attached hydrogens (tertiary/aromatic N) is 4. The molecule has 2 aromatic heterocycles. The van der Waals surface area contributed by atoms with Crippen LogP contribution in [0.3, 0.4) is 0 Å². The predicted octanol–water partition coefficient (Wildman–Crippen LogP) is 3.47. The molecule has 0 fully saturated rings. The number of hydrogen-bond acceptors (Lipinski definition) is 2. The molecule has 0 saturated carbocycles. The van der Waals surface area contributed by atoms with Gasteiger partial charge < -0.3 is 0 Å². The van der Waals surface area contributed by atoms with Gasteiger partial charge in [0.05, 0.1) is 11.4 Å². The molecule has 0 bridgehead atoms. The van der Waals surface area contributed by atoms with Gasteiger partial charge in [0.1, 0.15) is 11.3 Å². The summed E-state index contributed by atoms with van der Waals surface area (Å²) in [4.78, 5) is 4.77. The Kier molecular flexibility index (Phi) is 3.49. The summed E-state index contributed by atoms with van der Waals surface area (Å²) in [5.41, 5.74) is 6.54. The molecule has 0 saturated heterocycles. The third-order valence-electron chi connectivity index (χ3n) is 3.80. The summed E-state index contributed by atoms with van der Waals surface area (Å²) >= 11 is 5.96. The fraction of sp³-hybridized carbons (Fsp3) is 0.375. The zero-order valence-corrected chi connectivity index (χ0v) is 13.6. The number of imidazole rings is 1. The van der Waals surface area contributed by atoms with E-state index in [1.807, 2.05) is 18.7 Å². The summed E-state index contributed by atoms with van der Waals surface area (Å²) in [6.45, 7) is 6.22. The molecule has 0 aliphatic carbocycles. The van der Waals surface area contributed by atoms with Crippen molar-refractivity contribution in [3.63, 3.8) is 0 Å². The van der Waals surface area contributed by atoms with E-state index in [1.54, 1.807) is 0 Å². The van der Waals surface area contributed by atoms with Gasteiger partial charge in [0.2, 0.25) is 0 Å². The second-order valence-electron chi connectivity index (χ2n) is 5.47. The maximum atomic E-state index is 5.96. The van der Waals surface area contributed by atoms with Gasteiger partial charge in [-0.05, 0) is 38.0 Å². The summed E-state index contributed by atoms with van der Waals surface area (Å²) in [6, 6.07) is 6.46. The van der Waals surface area contributed by atoms with Crippen LogP contribution in [0.1, 0.15) is 22.6 Å². The molecule has 0 aliphatic heterocycles. The highest BCUT2D eigenvalue weighted by Crippen LogP contribution is 2.26. The fourth-order valence-electron chi connectivity index (χ4n) is 2.78. The highest BCUT2D eigenvalue weighted by Gasteiger charge is 2.19. The molecule has 2 heterocycles. The molecule has 0 radical (unpaired) electrons. The Bertz CT molecular complexity index is 813. The van der Waals surface area contributed by atoms with E-state index in [4.69, 9.17) is 16.6 Å². The van der Waals surface area contributed by atoms with Gasteiger partial charge in [-0.15, -0.1) is 11.6 Å². The van der Waals surface area contributed by atoms with Crippen LogP contribution in [0.2, 0.25) is 0 Å². The Labute approximate surface area is 129 Å². The van der Waals surface area contributed by atoms with Crippen molar-refractivity contribution in [1.82, 2.24) is 19.3 Å². The molecular weight excluding hydrogens is 284 g/mol. The number of alkyl halides is 1. The topological polar surface area (TPSA) is 35.6 Å². The van der Waals surface area contributed by atoms with Crippen LogP contribution in [0.4, 0.5) is 0 Å². The molecule has 0 spiro atoms. The molecular formula is C16H19ClN4. The summed E-state index contributed by atoms with van der Waals surface area (Å²) in [5, 5.41) is 4.49. The van der Waals surface area contributed by atoms with Crippen LogP contribution in [0.25, 0.3) is 16.9 Å². The first-order chi connectivity index (χ1) is 10.0. The molecule has 3 aromatic rings. The van der Waals surface area contributed by atoms with E-state index >= 15 is 0 Å². The summed E-state index contributed by atoms with van der Waals surface area (Å²) < 4.78 is 4.09. The number of hydrogen-bond donors (Lipinski definition) is 0. The van der Waals surface area contributed by atoms with Gasteiger partial charge in [-0.25, -0.2) is 9.67 Å². The van der Waals surface area contributed by atoms with Crippen LogP contribution in [0.15, 0.2) is 18.2 Å². The minimum Gasteiger partial charge on any atom is -0.281 e. The van der Waals surface area contributed by atoms with Gasteiger partial charge in [-0.2, -0.15) is 5.10 Å². The number of benzene rings is 1. The van der Waals surface area contributed by atoms with Gasteiger partial charge in [-0.3, -0.25) is 4.57 Å². The smallest absolute Gasteiger partial charge is 0.163 e. The van der Waals surface area contributed by atoms with Crippen molar-refractivity contribution in [2.24, 2.45) is 7.05 Å². The average Bonchev–Trinajstić information content (AvgIpc) is 2.93. The molecule has 0 aliphatic rings. The Balaban J connectivity index is 2.38. The SMILES string of the molecule is Cc1ccc(C)c(-n2c(CCCl)nc3c(C)nn(C)c32)c1. The number of rotatable bonds is 3. The van der Waals surface area contributed by atoms with Crippen molar-refractivity contribution >= 4 is 22.8 Å². The average molecular weight is 303 g/mol. The molecule has 1 aromatic carbocycles. The van der Waals surface area contributed by atoms with Gasteiger partial charge in [0, 0.05) is 19.3 Å². The first-order valence-corrected chi connectivity index (χ1v) is 7.61. The van der Waals surface area contributed by atoms with Crippen molar-refractivity contribution in [2.45, 2.75) is 27.2 Å². The minimum atomic E-state index is 0.556. The van der Waals surface area contributed by atoms with Gasteiger partial charge >= 0.3 is 0 Å². The maximum Gasteiger partial charge on any atom is 0.163 e. The molecule has 0 atom stereocenters. The number of aryl methyl sites for hydroxylation is 5. The van der Waals surface area contributed by atoms with Crippen molar-refractivity contribution in [3.8, 4) is 5.69 Å². The summed E-state index contributed by atoms with van der Waals surface area (Å²) in [7, 11) is 1.96. The number of fused-ring (bicyclic) bond motifs is 1. The molecule has 4 nitrogen and oxygen atoms in total. The summed E-state index contributed by atoms with van der Waals surface area (Å²) in [5.74, 6) is 1.55. The molecule has 0 amide bonds. The second-order valence-corrected chi connectivity index (χ2v) is 5.85. The first kappa shape index (κ1) is 14.1. The van der Waals surface area contributed by atoms with Crippen LogP contribution in [0.5, 0.6) is 0 Å². The van der Waals surface area contributed by atoms with Crippen LogP contribution < -0.4 is 0 Å². The van der Waals surface area contributed by atoms with E-state index in [0.29, 0.717) is 5.88 Å². The first-order valence-electron chi connectivity index (χ1n) is 7.07. The third kappa shape index (κ3) is 2.23. The highest BCUT2D eigenvalue weighted by molar-refractivity contribution is 6.17. The van der Waals surface area contributed by atoms with Crippen LogP contribution in [-0.2, 0) is 13.5 Å². The Hall–Kier alpha value is -1.81. The third-order valence-corrected chi connectivity index (χ3v) is 3.98. The molecule has 3 rings (SSSR count). The van der Waals surface area contributed by atoms with Gasteiger partial charge in [0.25, 0.3) is 0 Å². The zero-order valence-electron chi connectivity index (χ0n) is 12.8. The lowest BCUT2D eigenvalue weighted by Crippen LogP contribution is -2.07. The van der Waals surface area contributed by atoms with Crippen molar-refractivity contribution in [3.05, 3.63) is 40.8 Å². The van der Waals surface area contributed by atoms with Gasteiger partial charge in [-0.1, -0.05) is 12.1 Å². The van der Waals surface area contributed by atoms with E-state index in [9.17, 15) is 0 Å². The predicted molar refractivity (Wildman–Crippen MR) is 86.5 cm³/mol. The highest BCUT2D eigenvalue weighted by atomic mass is 35.5. The van der Waals surface area contributed by atoms with E-state index in [1.165, 1.54) is 11.1 Å². The summed E-state index contributed by atoms with van der Waals surface area (Å²) in [6.07, 6.45) is 0.739. The molecule has 5 heteroatoms. The van der Waals surface area contributed by atoms with Gasteiger partial charge in [0.15, 0.2) is 5.65 Å².